The van der Waals surface area contributed by atoms with Crippen LogP contribution >= 0.6 is 0 Å². The van der Waals surface area contributed by atoms with Gasteiger partial charge in [-0.3, -0.25) is 0 Å². The molecule has 0 saturated carbocycles. The zero-order chi connectivity index (χ0) is 13.9. The molecule has 0 saturated heterocycles. The Labute approximate surface area is 118 Å². The van der Waals surface area contributed by atoms with Gasteiger partial charge in [0.2, 0.25) is 0 Å². The molecule has 1 aromatic heterocycles. The maximum Gasteiger partial charge on any atom is 0.138 e. The van der Waals surface area contributed by atoms with Crippen molar-refractivity contribution in [2.24, 2.45) is 0 Å². The van der Waals surface area contributed by atoms with Crippen LogP contribution in [0.3, 0.4) is 0 Å². The average molecular weight is 264 g/mol. The Morgan fingerprint density at radius 2 is 1.65 bits per heavy atom. The van der Waals surface area contributed by atoms with Gasteiger partial charge in [0, 0.05) is 5.56 Å². The molecule has 100 valence electrons. The van der Waals surface area contributed by atoms with Crippen molar-refractivity contribution in [1.82, 2.24) is 0 Å². The molecule has 0 aliphatic rings. The molecule has 0 bridgehead atoms. The minimum Gasteiger partial charge on any atom is -0.496 e. The predicted octanol–water partition coefficient (Wildman–Crippen LogP) is 4.93. The molecular formula is C18H16O2. The van der Waals surface area contributed by atoms with Gasteiger partial charge in [-0.2, -0.15) is 0 Å². The van der Waals surface area contributed by atoms with Crippen molar-refractivity contribution in [1.29, 1.82) is 0 Å². The van der Waals surface area contributed by atoms with Crippen molar-refractivity contribution < 1.29 is 9.15 Å². The Bertz CT molecular complexity index is 726. The summed E-state index contributed by atoms with van der Waals surface area (Å²) in [6, 6.07) is 20.1. The van der Waals surface area contributed by atoms with Crippen LogP contribution < -0.4 is 4.74 Å². The molecular weight excluding hydrogens is 248 g/mol. The second kappa shape index (κ2) is 5.25. The summed E-state index contributed by atoms with van der Waals surface area (Å²) in [7, 11) is 1.67. The Morgan fingerprint density at radius 3 is 2.45 bits per heavy atom. The second-order valence-electron chi connectivity index (χ2n) is 4.73. The lowest BCUT2D eigenvalue weighted by atomic mass is 10.1. The molecule has 3 rings (SSSR count). The van der Waals surface area contributed by atoms with Crippen LogP contribution in [0.2, 0.25) is 0 Å². The first kappa shape index (κ1) is 12.5. The molecule has 0 radical (unpaired) electrons. The first-order chi connectivity index (χ1) is 9.78. The smallest absolute Gasteiger partial charge is 0.138 e. The SMILES string of the molecule is COc1ccccc1-c1ccc(-c2cccc(C)c2)o1. The number of hydrogen-bond donors (Lipinski definition) is 0. The van der Waals surface area contributed by atoms with E-state index in [4.69, 9.17) is 9.15 Å². The minimum absolute atomic E-state index is 0.817. The monoisotopic (exact) mass is 264 g/mol. The summed E-state index contributed by atoms with van der Waals surface area (Å²) in [5.74, 6) is 2.51. The van der Waals surface area contributed by atoms with Crippen LogP contribution in [0.1, 0.15) is 5.56 Å². The van der Waals surface area contributed by atoms with Gasteiger partial charge in [0.1, 0.15) is 17.3 Å². The molecule has 3 aromatic rings. The fourth-order valence-electron chi connectivity index (χ4n) is 2.28. The Kier molecular flexibility index (Phi) is 3.30. The van der Waals surface area contributed by atoms with Gasteiger partial charge in [-0.25, -0.2) is 0 Å². The third-order valence-corrected chi connectivity index (χ3v) is 3.28. The molecule has 0 amide bonds. The summed E-state index contributed by atoms with van der Waals surface area (Å²) < 4.78 is 11.3. The molecule has 0 spiro atoms. The zero-order valence-electron chi connectivity index (χ0n) is 11.6. The van der Waals surface area contributed by atoms with E-state index < -0.39 is 0 Å². The third-order valence-electron chi connectivity index (χ3n) is 3.28. The predicted molar refractivity (Wildman–Crippen MR) is 80.9 cm³/mol. The highest BCUT2D eigenvalue weighted by molar-refractivity contribution is 5.69. The van der Waals surface area contributed by atoms with Crippen LogP contribution in [0.5, 0.6) is 5.75 Å². The average Bonchev–Trinajstić information content (AvgIpc) is 2.97. The molecule has 0 fully saturated rings. The quantitative estimate of drug-likeness (QED) is 0.669. The van der Waals surface area contributed by atoms with Crippen LogP contribution in [0.4, 0.5) is 0 Å². The van der Waals surface area contributed by atoms with Gasteiger partial charge in [-0.15, -0.1) is 0 Å². The second-order valence-corrected chi connectivity index (χ2v) is 4.73. The van der Waals surface area contributed by atoms with Gasteiger partial charge in [0.05, 0.1) is 12.7 Å². The maximum atomic E-state index is 5.97. The number of aryl methyl sites for hydroxylation is 1. The number of furan rings is 1. The Balaban J connectivity index is 2.02. The van der Waals surface area contributed by atoms with Gasteiger partial charge in [-0.05, 0) is 37.3 Å². The summed E-state index contributed by atoms with van der Waals surface area (Å²) in [5, 5.41) is 0. The lowest BCUT2D eigenvalue weighted by molar-refractivity contribution is 0.415. The van der Waals surface area contributed by atoms with E-state index in [0.717, 1.165) is 28.4 Å². The molecule has 2 nitrogen and oxygen atoms in total. The van der Waals surface area contributed by atoms with E-state index in [9.17, 15) is 0 Å². The lowest BCUT2D eigenvalue weighted by Crippen LogP contribution is -1.85. The highest BCUT2D eigenvalue weighted by Crippen LogP contribution is 2.33. The Hall–Kier alpha value is -2.48. The number of benzene rings is 2. The van der Waals surface area contributed by atoms with E-state index >= 15 is 0 Å². The van der Waals surface area contributed by atoms with Gasteiger partial charge < -0.3 is 9.15 Å². The van der Waals surface area contributed by atoms with Crippen LogP contribution in [-0.4, -0.2) is 7.11 Å². The van der Waals surface area contributed by atoms with Crippen LogP contribution in [-0.2, 0) is 0 Å². The summed E-state index contributed by atoms with van der Waals surface area (Å²) in [6.07, 6.45) is 0. The molecule has 0 N–H and O–H groups in total. The molecule has 0 unspecified atom stereocenters. The summed E-state index contributed by atoms with van der Waals surface area (Å²) in [6.45, 7) is 2.08. The van der Waals surface area contributed by atoms with Crippen molar-refractivity contribution in [3.8, 4) is 28.4 Å². The minimum atomic E-state index is 0.817. The maximum absolute atomic E-state index is 5.97. The fraction of sp³-hybridized carbons (Fsp3) is 0.111. The number of para-hydroxylation sites is 1. The molecule has 2 heteroatoms. The first-order valence-electron chi connectivity index (χ1n) is 6.58. The van der Waals surface area contributed by atoms with Gasteiger partial charge in [0.25, 0.3) is 0 Å². The lowest BCUT2D eigenvalue weighted by Gasteiger charge is -2.05. The van der Waals surface area contributed by atoms with Gasteiger partial charge in [-0.1, -0.05) is 35.9 Å². The van der Waals surface area contributed by atoms with Crippen molar-refractivity contribution in [3.63, 3.8) is 0 Å². The van der Waals surface area contributed by atoms with E-state index in [1.807, 2.05) is 42.5 Å². The molecule has 1 heterocycles. The highest BCUT2D eigenvalue weighted by Gasteiger charge is 2.10. The highest BCUT2D eigenvalue weighted by atomic mass is 16.5. The largest absolute Gasteiger partial charge is 0.496 e. The van der Waals surface area contributed by atoms with Gasteiger partial charge in [0.15, 0.2) is 0 Å². The number of ether oxygens (including phenoxy) is 1. The number of hydrogen-bond acceptors (Lipinski definition) is 2. The molecule has 2 aromatic carbocycles. The standard InChI is InChI=1S/C18H16O2/c1-13-6-5-7-14(12-13)16-10-11-18(20-16)15-8-3-4-9-17(15)19-2/h3-12H,1-2H3. The van der Waals surface area contributed by atoms with Crippen molar-refractivity contribution in [3.05, 3.63) is 66.2 Å². The van der Waals surface area contributed by atoms with E-state index in [0.29, 0.717) is 0 Å². The van der Waals surface area contributed by atoms with Crippen LogP contribution in [0, 0.1) is 6.92 Å². The normalized spacial score (nSPS) is 10.5. The van der Waals surface area contributed by atoms with E-state index in [-0.39, 0.29) is 0 Å². The van der Waals surface area contributed by atoms with Gasteiger partial charge >= 0.3 is 0 Å². The third kappa shape index (κ3) is 2.32. The molecule has 0 atom stereocenters. The number of methoxy groups -OCH3 is 1. The molecule has 20 heavy (non-hydrogen) atoms. The van der Waals surface area contributed by atoms with Crippen LogP contribution in [0.15, 0.2) is 65.1 Å². The van der Waals surface area contributed by atoms with E-state index in [1.165, 1.54) is 5.56 Å². The fourth-order valence-corrected chi connectivity index (χ4v) is 2.28. The molecule has 0 aliphatic carbocycles. The van der Waals surface area contributed by atoms with E-state index in [1.54, 1.807) is 7.11 Å². The summed E-state index contributed by atoms with van der Waals surface area (Å²) in [5.41, 5.74) is 3.28. The first-order valence-corrected chi connectivity index (χ1v) is 6.58. The zero-order valence-corrected chi connectivity index (χ0v) is 11.6. The van der Waals surface area contributed by atoms with Crippen LogP contribution in [0.25, 0.3) is 22.6 Å². The number of rotatable bonds is 3. The molecule has 0 aliphatic heterocycles. The van der Waals surface area contributed by atoms with Crippen molar-refractivity contribution >= 4 is 0 Å². The topological polar surface area (TPSA) is 22.4 Å². The summed E-state index contributed by atoms with van der Waals surface area (Å²) in [4.78, 5) is 0. The van der Waals surface area contributed by atoms with E-state index in [2.05, 4.69) is 25.1 Å². The Morgan fingerprint density at radius 1 is 0.850 bits per heavy atom. The van der Waals surface area contributed by atoms with Crippen molar-refractivity contribution in [2.75, 3.05) is 7.11 Å². The van der Waals surface area contributed by atoms with Crippen molar-refractivity contribution in [2.45, 2.75) is 6.92 Å². The summed E-state index contributed by atoms with van der Waals surface area (Å²) >= 11 is 0.